The molecule has 0 unspecified atom stereocenters. The summed E-state index contributed by atoms with van der Waals surface area (Å²) in [6, 6.07) is 8.79. The summed E-state index contributed by atoms with van der Waals surface area (Å²) in [5.41, 5.74) is 9.03. The van der Waals surface area contributed by atoms with Gasteiger partial charge in [-0.3, -0.25) is 0 Å². The third-order valence-electron chi connectivity index (χ3n) is 3.14. The third kappa shape index (κ3) is 2.48. The molecule has 0 atom stereocenters. The maximum Gasteiger partial charge on any atom is 0.186 e. The first-order chi connectivity index (χ1) is 8.72. The summed E-state index contributed by atoms with van der Waals surface area (Å²) in [6.45, 7) is 2.95. The zero-order chi connectivity index (χ0) is 12.5. The van der Waals surface area contributed by atoms with Crippen molar-refractivity contribution < 1.29 is 0 Å². The summed E-state index contributed by atoms with van der Waals surface area (Å²) < 4.78 is 0. The lowest BCUT2D eigenvalue weighted by atomic mass is 10.2. The summed E-state index contributed by atoms with van der Waals surface area (Å²) in [5, 5.41) is 3.25. The van der Waals surface area contributed by atoms with Crippen LogP contribution in [0.2, 0.25) is 0 Å². The minimum Gasteiger partial charge on any atom is -0.399 e. The van der Waals surface area contributed by atoms with Gasteiger partial charge in [0.1, 0.15) is 0 Å². The van der Waals surface area contributed by atoms with Gasteiger partial charge in [0.15, 0.2) is 5.13 Å². The van der Waals surface area contributed by atoms with Gasteiger partial charge in [-0.15, -0.1) is 11.3 Å². The summed E-state index contributed by atoms with van der Waals surface area (Å²) in [7, 11) is 0. The van der Waals surface area contributed by atoms with Crippen LogP contribution in [-0.4, -0.2) is 11.0 Å². The van der Waals surface area contributed by atoms with Crippen molar-refractivity contribution in [2.75, 3.05) is 10.6 Å². The zero-order valence-electron chi connectivity index (χ0n) is 10.5. The highest BCUT2D eigenvalue weighted by Gasteiger charge is 2.30. The Kier molecular flexibility index (Phi) is 2.96. The minimum atomic E-state index is 0.664. The number of hydrogen-bond donors (Lipinski definition) is 1. The highest BCUT2D eigenvalue weighted by molar-refractivity contribution is 7.13. The predicted molar refractivity (Wildman–Crippen MR) is 76.9 cm³/mol. The Morgan fingerprint density at radius 2 is 2.28 bits per heavy atom. The van der Waals surface area contributed by atoms with E-state index in [-0.39, 0.29) is 0 Å². The van der Waals surface area contributed by atoms with E-state index in [2.05, 4.69) is 27.4 Å². The predicted octanol–water partition coefficient (Wildman–Crippen LogP) is 3.20. The molecular formula is C14H17N3S. The molecule has 0 aliphatic heterocycles. The van der Waals surface area contributed by atoms with E-state index in [0.29, 0.717) is 6.04 Å². The monoisotopic (exact) mass is 259 g/mol. The van der Waals surface area contributed by atoms with Crippen LogP contribution in [0.4, 0.5) is 10.8 Å². The molecule has 2 N–H and O–H groups in total. The van der Waals surface area contributed by atoms with Crippen LogP contribution in [0.5, 0.6) is 0 Å². The Morgan fingerprint density at radius 1 is 1.44 bits per heavy atom. The van der Waals surface area contributed by atoms with Gasteiger partial charge in [0.25, 0.3) is 0 Å². The van der Waals surface area contributed by atoms with Gasteiger partial charge >= 0.3 is 0 Å². The van der Waals surface area contributed by atoms with Crippen molar-refractivity contribution in [3.05, 3.63) is 40.9 Å². The molecule has 3 nitrogen and oxygen atoms in total. The van der Waals surface area contributed by atoms with Crippen molar-refractivity contribution in [2.45, 2.75) is 32.4 Å². The van der Waals surface area contributed by atoms with Gasteiger partial charge in [-0.2, -0.15) is 0 Å². The number of anilines is 2. The fourth-order valence-electron chi connectivity index (χ4n) is 2.10. The van der Waals surface area contributed by atoms with Crippen molar-refractivity contribution in [2.24, 2.45) is 0 Å². The van der Waals surface area contributed by atoms with Crippen LogP contribution in [0.1, 0.15) is 24.1 Å². The van der Waals surface area contributed by atoms with Crippen molar-refractivity contribution in [3.8, 4) is 0 Å². The normalized spacial score (nSPS) is 14.7. The fraction of sp³-hybridized carbons (Fsp3) is 0.357. The quantitative estimate of drug-likeness (QED) is 0.857. The molecule has 94 valence electrons. The van der Waals surface area contributed by atoms with Crippen molar-refractivity contribution >= 4 is 22.2 Å². The number of nitrogens with zero attached hydrogens (tertiary/aromatic N) is 2. The maximum atomic E-state index is 5.84. The molecule has 4 heteroatoms. The molecule has 0 amide bonds. The highest BCUT2D eigenvalue weighted by Crippen LogP contribution is 2.34. The molecule has 0 radical (unpaired) electrons. The minimum absolute atomic E-state index is 0.664. The molecule has 1 aromatic carbocycles. The van der Waals surface area contributed by atoms with E-state index in [4.69, 9.17) is 5.73 Å². The average molecular weight is 259 g/mol. The van der Waals surface area contributed by atoms with E-state index < -0.39 is 0 Å². The Balaban J connectivity index is 1.83. The van der Waals surface area contributed by atoms with E-state index in [1.807, 2.05) is 19.1 Å². The number of aryl methyl sites for hydroxylation is 1. The Labute approximate surface area is 111 Å². The van der Waals surface area contributed by atoms with Crippen molar-refractivity contribution in [1.29, 1.82) is 0 Å². The van der Waals surface area contributed by atoms with E-state index in [0.717, 1.165) is 23.1 Å². The topological polar surface area (TPSA) is 42.1 Å². The fourth-order valence-corrected chi connectivity index (χ4v) is 2.98. The van der Waals surface area contributed by atoms with Gasteiger partial charge in [-0.05, 0) is 37.5 Å². The summed E-state index contributed by atoms with van der Waals surface area (Å²) in [4.78, 5) is 7.01. The van der Waals surface area contributed by atoms with Crippen LogP contribution in [0.3, 0.4) is 0 Å². The lowest BCUT2D eigenvalue weighted by molar-refractivity contribution is 0.788. The van der Waals surface area contributed by atoms with Crippen LogP contribution < -0.4 is 10.6 Å². The number of nitrogens with two attached hydrogens (primary N) is 1. The first-order valence-electron chi connectivity index (χ1n) is 6.25. The Morgan fingerprint density at radius 3 is 2.89 bits per heavy atom. The second kappa shape index (κ2) is 4.61. The number of rotatable bonds is 4. The van der Waals surface area contributed by atoms with Crippen molar-refractivity contribution in [1.82, 2.24) is 4.98 Å². The van der Waals surface area contributed by atoms with Crippen LogP contribution in [0.25, 0.3) is 0 Å². The van der Waals surface area contributed by atoms with Crippen LogP contribution in [-0.2, 0) is 6.54 Å². The number of nitrogen functional groups attached to an aromatic ring is 1. The maximum absolute atomic E-state index is 5.84. The third-order valence-corrected chi connectivity index (χ3v) is 4.14. The zero-order valence-corrected chi connectivity index (χ0v) is 11.3. The molecular weight excluding hydrogens is 242 g/mol. The summed E-state index contributed by atoms with van der Waals surface area (Å²) in [5.74, 6) is 0. The molecule has 1 saturated carbocycles. The molecule has 0 bridgehead atoms. The van der Waals surface area contributed by atoms with E-state index >= 15 is 0 Å². The SMILES string of the molecule is Cc1csc(N(Cc2cccc(N)c2)C2CC2)n1. The second-order valence-electron chi connectivity index (χ2n) is 4.88. The molecule has 18 heavy (non-hydrogen) atoms. The van der Waals surface area contributed by atoms with Gasteiger partial charge in [-0.25, -0.2) is 4.98 Å². The Bertz CT molecular complexity index is 545. The Hall–Kier alpha value is -1.55. The molecule has 3 rings (SSSR count). The van der Waals surface area contributed by atoms with Crippen LogP contribution in [0, 0.1) is 6.92 Å². The standard InChI is InChI=1S/C14H17N3S/c1-10-9-18-14(16-10)17(13-5-6-13)8-11-3-2-4-12(15)7-11/h2-4,7,9,13H,5-6,8,15H2,1H3. The number of hydrogen-bond acceptors (Lipinski definition) is 4. The first kappa shape index (κ1) is 11.5. The molecule has 1 fully saturated rings. The second-order valence-corrected chi connectivity index (χ2v) is 5.71. The number of benzene rings is 1. The van der Waals surface area contributed by atoms with Crippen LogP contribution in [0.15, 0.2) is 29.6 Å². The molecule has 0 saturated heterocycles. The summed E-state index contributed by atoms with van der Waals surface area (Å²) in [6.07, 6.45) is 2.56. The molecule has 2 aromatic rings. The average Bonchev–Trinajstić information content (AvgIpc) is 3.09. The molecule has 1 aliphatic rings. The molecule has 1 aromatic heterocycles. The molecule has 0 spiro atoms. The highest BCUT2D eigenvalue weighted by atomic mass is 32.1. The smallest absolute Gasteiger partial charge is 0.186 e. The largest absolute Gasteiger partial charge is 0.399 e. The van der Waals surface area contributed by atoms with Gasteiger partial charge in [-0.1, -0.05) is 12.1 Å². The summed E-state index contributed by atoms with van der Waals surface area (Å²) >= 11 is 1.73. The number of thiazole rings is 1. The van der Waals surface area contributed by atoms with Gasteiger partial charge in [0.05, 0.1) is 5.69 Å². The van der Waals surface area contributed by atoms with Gasteiger partial charge in [0.2, 0.25) is 0 Å². The van der Waals surface area contributed by atoms with E-state index in [1.54, 1.807) is 11.3 Å². The lowest BCUT2D eigenvalue weighted by Gasteiger charge is -2.21. The van der Waals surface area contributed by atoms with E-state index in [1.165, 1.54) is 18.4 Å². The molecule has 1 aliphatic carbocycles. The van der Waals surface area contributed by atoms with Gasteiger partial charge in [0, 0.05) is 23.7 Å². The van der Waals surface area contributed by atoms with Crippen molar-refractivity contribution in [3.63, 3.8) is 0 Å². The van der Waals surface area contributed by atoms with Gasteiger partial charge < -0.3 is 10.6 Å². The van der Waals surface area contributed by atoms with E-state index in [9.17, 15) is 0 Å². The first-order valence-corrected chi connectivity index (χ1v) is 7.13. The molecule has 1 heterocycles. The number of aromatic nitrogens is 1. The lowest BCUT2D eigenvalue weighted by Crippen LogP contribution is -2.24. The van der Waals surface area contributed by atoms with Crippen LogP contribution >= 0.6 is 11.3 Å².